The molecule has 166 valence electrons. The van der Waals surface area contributed by atoms with Gasteiger partial charge in [0.15, 0.2) is 5.11 Å². The van der Waals surface area contributed by atoms with Gasteiger partial charge < -0.3 is 14.7 Å². The molecular weight excluding hydrogens is 479 g/mol. The van der Waals surface area contributed by atoms with Crippen LogP contribution in [0.5, 0.6) is 0 Å². The molecule has 33 heavy (non-hydrogen) atoms. The number of benzene rings is 2. The van der Waals surface area contributed by atoms with Crippen LogP contribution in [0.15, 0.2) is 76.3 Å². The number of allylic oxidation sites excluding steroid dienone is 1. The van der Waals surface area contributed by atoms with Crippen molar-refractivity contribution in [3.8, 4) is 10.7 Å². The van der Waals surface area contributed by atoms with E-state index in [0.29, 0.717) is 34.0 Å². The van der Waals surface area contributed by atoms with E-state index in [4.69, 9.17) is 28.3 Å². The first-order valence-electron chi connectivity index (χ1n) is 10.2. The van der Waals surface area contributed by atoms with Crippen molar-refractivity contribution in [2.45, 2.75) is 19.5 Å². The lowest BCUT2D eigenvalue weighted by atomic mass is 9.94. The Bertz CT molecular complexity index is 1350. The van der Waals surface area contributed by atoms with Gasteiger partial charge in [0, 0.05) is 10.7 Å². The summed E-state index contributed by atoms with van der Waals surface area (Å²) in [6.07, 6.45) is 0. The van der Waals surface area contributed by atoms with Gasteiger partial charge in [0.1, 0.15) is 5.82 Å². The molecule has 1 atom stereocenters. The zero-order valence-corrected chi connectivity index (χ0v) is 19.8. The molecule has 5 nitrogen and oxygen atoms in total. The van der Waals surface area contributed by atoms with E-state index in [9.17, 15) is 4.39 Å². The Morgan fingerprint density at radius 3 is 2.79 bits per heavy atom. The molecule has 0 fully saturated rings. The molecule has 0 amide bonds. The number of halogens is 2. The summed E-state index contributed by atoms with van der Waals surface area (Å²) in [5.41, 5.74) is 3.20. The second-order valence-electron chi connectivity index (χ2n) is 7.51. The molecule has 9 heteroatoms. The van der Waals surface area contributed by atoms with Crippen molar-refractivity contribution in [2.24, 2.45) is 0 Å². The lowest BCUT2D eigenvalue weighted by Gasteiger charge is -2.37. The summed E-state index contributed by atoms with van der Waals surface area (Å²) in [7, 11) is 0. The number of nitrogens with zero attached hydrogens (tertiary/aromatic N) is 3. The van der Waals surface area contributed by atoms with Gasteiger partial charge in [0.05, 0.1) is 23.0 Å². The molecule has 1 N–H and O–H groups in total. The fourth-order valence-electron chi connectivity index (χ4n) is 3.82. The molecule has 0 saturated heterocycles. The number of hydrogen-bond donors (Lipinski definition) is 1. The van der Waals surface area contributed by atoms with Crippen LogP contribution in [0.1, 0.15) is 30.0 Å². The molecule has 4 aromatic rings. The van der Waals surface area contributed by atoms with E-state index in [2.05, 4.69) is 15.5 Å². The first kappa shape index (κ1) is 21.8. The fourth-order valence-corrected chi connectivity index (χ4v) is 4.98. The number of hydrogen-bond acceptors (Lipinski definition) is 5. The van der Waals surface area contributed by atoms with Gasteiger partial charge in [-0.05, 0) is 59.9 Å². The standard InChI is InChI=1S/C24H18ClFN4OS2/c1-14-20(23-28-22(29-31-23)19-10-5-11-33-19)21(15-7-4-8-17(26)12-15)27-24(32)30(14)13-16-6-2-3-9-18(16)25/h2-12,21H,13H2,1H3,(H,27,32). The first-order chi connectivity index (χ1) is 16.0. The quantitative estimate of drug-likeness (QED) is 0.320. The third-order valence-corrected chi connectivity index (χ3v) is 7.04. The summed E-state index contributed by atoms with van der Waals surface area (Å²) in [6.45, 7) is 2.41. The van der Waals surface area contributed by atoms with E-state index in [1.54, 1.807) is 6.07 Å². The Hall–Kier alpha value is -3.07. The number of rotatable bonds is 5. The molecule has 5 rings (SSSR count). The minimum absolute atomic E-state index is 0.333. The van der Waals surface area contributed by atoms with Crippen LogP contribution in [0, 0.1) is 5.82 Å². The van der Waals surface area contributed by atoms with Crippen LogP contribution < -0.4 is 5.32 Å². The van der Waals surface area contributed by atoms with Crippen LogP contribution in [-0.2, 0) is 6.54 Å². The summed E-state index contributed by atoms with van der Waals surface area (Å²) < 4.78 is 19.8. The van der Waals surface area contributed by atoms with Crippen molar-refractivity contribution in [3.05, 3.63) is 99.6 Å². The van der Waals surface area contributed by atoms with Gasteiger partial charge >= 0.3 is 0 Å². The van der Waals surface area contributed by atoms with E-state index in [-0.39, 0.29) is 5.82 Å². The van der Waals surface area contributed by atoms with Gasteiger partial charge in [-0.1, -0.05) is 53.2 Å². The molecule has 0 bridgehead atoms. The SMILES string of the molecule is CC1=C(c2nc(-c3cccs3)no2)C(c2cccc(F)c2)NC(=S)N1Cc1ccccc1Cl. The van der Waals surface area contributed by atoms with Gasteiger partial charge in [0.2, 0.25) is 5.82 Å². The zero-order valence-electron chi connectivity index (χ0n) is 17.5. The minimum atomic E-state index is -0.452. The summed E-state index contributed by atoms with van der Waals surface area (Å²) in [6, 6.07) is 17.4. The van der Waals surface area contributed by atoms with Gasteiger partial charge in [-0.15, -0.1) is 11.3 Å². The van der Waals surface area contributed by atoms with Crippen molar-refractivity contribution in [3.63, 3.8) is 0 Å². The van der Waals surface area contributed by atoms with Crippen LogP contribution >= 0.6 is 35.2 Å². The smallest absolute Gasteiger partial charge is 0.258 e. The number of thiophene rings is 1. The normalized spacial score (nSPS) is 16.3. The highest BCUT2D eigenvalue weighted by Crippen LogP contribution is 2.38. The fraction of sp³-hybridized carbons (Fsp3) is 0.125. The molecular formula is C24H18ClFN4OS2. The van der Waals surface area contributed by atoms with E-state index >= 15 is 0 Å². The predicted molar refractivity (Wildman–Crippen MR) is 132 cm³/mol. The topological polar surface area (TPSA) is 54.2 Å². The maximum atomic E-state index is 14.1. The largest absolute Gasteiger partial charge is 0.351 e. The predicted octanol–water partition coefficient (Wildman–Crippen LogP) is 6.45. The van der Waals surface area contributed by atoms with Gasteiger partial charge in [-0.2, -0.15) is 4.98 Å². The van der Waals surface area contributed by atoms with Crippen molar-refractivity contribution < 1.29 is 8.91 Å². The van der Waals surface area contributed by atoms with Crippen molar-refractivity contribution in [1.29, 1.82) is 0 Å². The molecule has 2 aromatic carbocycles. The van der Waals surface area contributed by atoms with E-state index in [1.807, 2.05) is 59.7 Å². The number of nitrogens with one attached hydrogen (secondary N) is 1. The van der Waals surface area contributed by atoms with Crippen LogP contribution in [0.25, 0.3) is 16.3 Å². The molecule has 2 aromatic heterocycles. The van der Waals surface area contributed by atoms with Gasteiger partial charge in [-0.25, -0.2) is 4.39 Å². The molecule has 0 aliphatic carbocycles. The highest BCUT2D eigenvalue weighted by molar-refractivity contribution is 7.80. The van der Waals surface area contributed by atoms with Crippen molar-refractivity contribution >= 4 is 45.8 Å². The summed E-state index contributed by atoms with van der Waals surface area (Å²) >= 11 is 13.6. The van der Waals surface area contributed by atoms with Crippen molar-refractivity contribution in [1.82, 2.24) is 20.4 Å². The Morgan fingerprint density at radius 2 is 2.03 bits per heavy atom. The lowest BCUT2D eigenvalue weighted by Crippen LogP contribution is -2.45. The zero-order chi connectivity index (χ0) is 22.9. The van der Waals surface area contributed by atoms with Crippen molar-refractivity contribution in [2.75, 3.05) is 0 Å². The second-order valence-corrected chi connectivity index (χ2v) is 9.26. The Morgan fingerprint density at radius 1 is 1.18 bits per heavy atom. The minimum Gasteiger partial charge on any atom is -0.351 e. The van der Waals surface area contributed by atoms with Gasteiger partial charge in [-0.3, -0.25) is 0 Å². The highest BCUT2D eigenvalue weighted by atomic mass is 35.5. The maximum Gasteiger partial charge on any atom is 0.258 e. The molecule has 1 aliphatic heterocycles. The Kier molecular flexibility index (Phi) is 5.97. The highest BCUT2D eigenvalue weighted by Gasteiger charge is 2.34. The average molecular weight is 497 g/mol. The number of aromatic nitrogens is 2. The molecule has 0 spiro atoms. The molecule has 3 heterocycles. The Balaban J connectivity index is 1.62. The molecule has 0 saturated carbocycles. The van der Waals surface area contributed by atoms with Crippen LogP contribution in [0.4, 0.5) is 4.39 Å². The second kappa shape index (κ2) is 9.05. The third kappa shape index (κ3) is 4.29. The van der Waals surface area contributed by atoms with Crippen LogP contribution in [0.2, 0.25) is 5.02 Å². The Labute approximate surface area is 204 Å². The van der Waals surface area contributed by atoms with E-state index < -0.39 is 6.04 Å². The summed E-state index contributed by atoms with van der Waals surface area (Å²) in [5, 5.41) is 10.6. The van der Waals surface area contributed by atoms with Crippen LogP contribution in [0.3, 0.4) is 0 Å². The first-order valence-corrected chi connectivity index (χ1v) is 11.8. The lowest BCUT2D eigenvalue weighted by molar-refractivity contribution is 0.396. The molecule has 1 unspecified atom stereocenters. The maximum absolute atomic E-state index is 14.1. The number of thiocarbonyl (C=S) groups is 1. The molecule has 0 radical (unpaired) electrons. The van der Waals surface area contributed by atoms with Crippen LogP contribution in [-0.4, -0.2) is 20.2 Å². The average Bonchev–Trinajstić information content (AvgIpc) is 3.49. The third-order valence-electron chi connectivity index (χ3n) is 5.46. The monoisotopic (exact) mass is 496 g/mol. The summed E-state index contributed by atoms with van der Waals surface area (Å²) in [5.74, 6) is 0.522. The molecule has 1 aliphatic rings. The van der Waals surface area contributed by atoms with E-state index in [1.165, 1.54) is 23.5 Å². The summed E-state index contributed by atoms with van der Waals surface area (Å²) in [4.78, 5) is 7.50. The van der Waals surface area contributed by atoms with Gasteiger partial charge in [0.25, 0.3) is 5.89 Å². The van der Waals surface area contributed by atoms with E-state index in [0.717, 1.165) is 21.7 Å².